The number of nitrogens with zero attached hydrogens (tertiary/aromatic N) is 1. The molecule has 0 bridgehead atoms. The number of hydrogen-bond acceptors (Lipinski definition) is 3. The Morgan fingerprint density at radius 1 is 1.10 bits per heavy atom. The van der Waals surface area contributed by atoms with Crippen LogP contribution in [0.4, 0.5) is 0 Å². The minimum Gasteiger partial charge on any atom is -0.508 e. The van der Waals surface area contributed by atoms with Gasteiger partial charge < -0.3 is 10.4 Å². The number of benzene rings is 2. The molecule has 0 fully saturated rings. The minimum absolute atomic E-state index is 0.182. The van der Waals surface area contributed by atoms with Crippen molar-refractivity contribution in [3.05, 3.63) is 71.9 Å². The van der Waals surface area contributed by atoms with Gasteiger partial charge in [-0.2, -0.15) is 0 Å². The lowest BCUT2D eigenvalue weighted by Crippen LogP contribution is -2.17. The molecule has 21 heavy (non-hydrogen) atoms. The molecule has 0 aliphatic heterocycles. The molecule has 0 saturated heterocycles. The van der Waals surface area contributed by atoms with Crippen molar-refractivity contribution >= 4 is 10.9 Å². The van der Waals surface area contributed by atoms with Gasteiger partial charge in [-0.1, -0.05) is 24.3 Å². The number of rotatable bonds is 4. The molecule has 1 aromatic heterocycles. The fourth-order valence-electron chi connectivity index (χ4n) is 2.42. The van der Waals surface area contributed by atoms with E-state index in [9.17, 15) is 5.11 Å². The molecule has 0 aliphatic rings. The third kappa shape index (κ3) is 3.20. The number of nitrogens with one attached hydrogen (secondary N) is 1. The average molecular weight is 278 g/mol. The van der Waals surface area contributed by atoms with Crippen molar-refractivity contribution in [2.75, 3.05) is 0 Å². The molecule has 3 heteroatoms. The maximum Gasteiger partial charge on any atom is 0.115 e. The van der Waals surface area contributed by atoms with E-state index in [4.69, 9.17) is 0 Å². The van der Waals surface area contributed by atoms with Crippen LogP contribution in [0.15, 0.2) is 60.8 Å². The number of aromatic nitrogens is 1. The first-order valence-corrected chi connectivity index (χ1v) is 7.08. The highest BCUT2D eigenvalue weighted by atomic mass is 16.3. The minimum atomic E-state index is 0.182. The van der Waals surface area contributed by atoms with Gasteiger partial charge in [0.2, 0.25) is 0 Å². The summed E-state index contributed by atoms with van der Waals surface area (Å²) >= 11 is 0. The van der Waals surface area contributed by atoms with Crippen LogP contribution < -0.4 is 5.32 Å². The highest BCUT2D eigenvalue weighted by molar-refractivity contribution is 5.78. The lowest BCUT2D eigenvalue weighted by Gasteiger charge is -2.15. The van der Waals surface area contributed by atoms with Gasteiger partial charge in [-0.3, -0.25) is 4.98 Å². The predicted octanol–water partition coefficient (Wildman–Crippen LogP) is 3.79. The second-order valence-corrected chi connectivity index (χ2v) is 5.23. The molecule has 2 N–H and O–H groups in total. The van der Waals surface area contributed by atoms with Crippen molar-refractivity contribution in [3.63, 3.8) is 0 Å². The van der Waals surface area contributed by atoms with E-state index >= 15 is 0 Å². The summed E-state index contributed by atoms with van der Waals surface area (Å²) < 4.78 is 0. The standard InChI is InChI=1S/C18H18N2O/c1-13(15-4-2-6-17(21)11-15)20-12-14-7-8-18-16(10-14)5-3-9-19-18/h2-11,13,20-21H,12H2,1H3. The van der Waals surface area contributed by atoms with E-state index in [1.165, 1.54) is 5.56 Å². The monoisotopic (exact) mass is 278 g/mol. The second kappa shape index (κ2) is 5.94. The van der Waals surface area contributed by atoms with E-state index in [0.717, 1.165) is 23.0 Å². The van der Waals surface area contributed by atoms with E-state index in [-0.39, 0.29) is 6.04 Å². The Labute approximate surface area is 124 Å². The smallest absolute Gasteiger partial charge is 0.115 e. The fraction of sp³-hybridized carbons (Fsp3) is 0.167. The molecule has 0 amide bonds. The SMILES string of the molecule is CC(NCc1ccc2ncccc2c1)c1cccc(O)c1. The Morgan fingerprint density at radius 3 is 2.86 bits per heavy atom. The number of hydrogen-bond donors (Lipinski definition) is 2. The molecule has 0 spiro atoms. The van der Waals surface area contributed by atoms with Gasteiger partial charge in [-0.15, -0.1) is 0 Å². The predicted molar refractivity (Wildman–Crippen MR) is 85.1 cm³/mol. The first-order valence-electron chi connectivity index (χ1n) is 7.08. The fourth-order valence-corrected chi connectivity index (χ4v) is 2.42. The van der Waals surface area contributed by atoms with Gasteiger partial charge in [0, 0.05) is 24.2 Å². The maximum absolute atomic E-state index is 9.53. The van der Waals surface area contributed by atoms with Crippen molar-refractivity contribution in [3.8, 4) is 5.75 Å². The summed E-state index contributed by atoms with van der Waals surface area (Å²) in [4.78, 5) is 4.33. The lowest BCUT2D eigenvalue weighted by atomic mass is 10.1. The largest absolute Gasteiger partial charge is 0.508 e. The number of pyridine rings is 1. The summed E-state index contributed by atoms with van der Waals surface area (Å²) in [6.45, 7) is 2.87. The Hall–Kier alpha value is -2.39. The zero-order valence-corrected chi connectivity index (χ0v) is 12.0. The van der Waals surface area contributed by atoms with Crippen LogP contribution in [-0.4, -0.2) is 10.1 Å². The van der Waals surface area contributed by atoms with Crippen LogP contribution in [0.1, 0.15) is 24.1 Å². The Bertz CT molecular complexity index is 755. The number of aromatic hydroxyl groups is 1. The summed E-state index contributed by atoms with van der Waals surface area (Å²) in [5.74, 6) is 0.304. The maximum atomic E-state index is 9.53. The van der Waals surface area contributed by atoms with Gasteiger partial charge in [0.25, 0.3) is 0 Å². The number of phenols is 1. The Morgan fingerprint density at radius 2 is 2.00 bits per heavy atom. The van der Waals surface area contributed by atoms with Crippen LogP contribution in [-0.2, 0) is 6.54 Å². The van der Waals surface area contributed by atoms with Gasteiger partial charge in [0.15, 0.2) is 0 Å². The second-order valence-electron chi connectivity index (χ2n) is 5.23. The number of fused-ring (bicyclic) bond motifs is 1. The van der Waals surface area contributed by atoms with Crippen molar-refractivity contribution in [1.82, 2.24) is 10.3 Å². The van der Waals surface area contributed by atoms with Gasteiger partial charge in [0.05, 0.1) is 5.52 Å². The topological polar surface area (TPSA) is 45.2 Å². The molecule has 1 unspecified atom stereocenters. The third-order valence-electron chi connectivity index (χ3n) is 3.65. The van der Waals surface area contributed by atoms with Crippen LogP contribution >= 0.6 is 0 Å². The highest BCUT2D eigenvalue weighted by Gasteiger charge is 2.06. The quantitative estimate of drug-likeness (QED) is 0.763. The summed E-state index contributed by atoms with van der Waals surface area (Å²) in [6.07, 6.45) is 1.81. The van der Waals surface area contributed by atoms with Crippen molar-refractivity contribution in [2.24, 2.45) is 0 Å². The molecule has 0 saturated carbocycles. The van der Waals surface area contributed by atoms with Gasteiger partial charge >= 0.3 is 0 Å². The molecule has 0 aliphatic carbocycles. The van der Waals surface area contributed by atoms with Crippen LogP contribution in [0, 0.1) is 0 Å². The zero-order chi connectivity index (χ0) is 14.7. The zero-order valence-electron chi connectivity index (χ0n) is 12.0. The van der Waals surface area contributed by atoms with Crippen LogP contribution in [0.3, 0.4) is 0 Å². The summed E-state index contributed by atoms with van der Waals surface area (Å²) in [5, 5.41) is 14.2. The number of phenolic OH excluding ortho intramolecular Hbond substituents is 1. The van der Waals surface area contributed by atoms with Crippen LogP contribution in [0.2, 0.25) is 0 Å². The van der Waals surface area contributed by atoms with Crippen molar-refractivity contribution < 1.29 is 5.11 Å². The highest BCUT2D eigenvalue weighted by Crippen LogP contribution is 2.19. The Kier molecular flexibility index (Phi) is 3.84. The average Bonchev–Trinajstić information content (AvgIpc) is 2.52. The third-order valence-corrected chi connectivity index (χ3v) is 3.65. The molecular formula is C18H18N2O. The molecular weight excluding hydrogens is 260 g/mol. The van der Waals surface area contributed by atoms with Crippen molar-refractivity contribution in [1.29, 1.82) is 0 Å². The summed E-state index contributed by atoms with van der Waals surface area (Å²) in [7, 11) is 0. The van der Waals surface area contributed by atoms with Gasteiger partial charge in [-0.05, 0) is 48.4 Å². The first kappa shape index (κ1) is 13.6. The lowest BCUT2D eigenvalue weighted by molar-refractivity contribution is 0.472. The van der Waals surface area contributed by atoms with E-state index in [0.29, 0.717) is 5.75 Å². The van der Waals surface area contributed by atoms with E-state index in [1.807, 2.05) is 30.5 Å². The van der Waals surface area contributed by atoms with E-state index in [2.05, 4.69) is 35.4 Å². The van der Waals surface area contributed by atoms with Crippen LogP contribution in [0.5, 0.6) is 5.75 Å². The first-order chi connectivity index (χ1) is 10.2. The summed E-state index contributed by atoms with van der Waals surface area (Å²) in [6, 6.07) is 17.9. The molecule has 1 atom stereocenters. The molecule has 0 radical (unpaired) electrons. The molecule has 3 rings (SSSR count). The van der Waals surface area contributed by atoms with Gasteiger partial charge in [0.1, 0.15) is 5.75 Å². The molecule has 1 heterocycles. The van der Waals surface area contributed by atoms with E-state index in [1.54, 1.807) is 12.1 Å². The van der Waals surface area contributed by atoms with E-state index < -0.39 is 0 Å². The molecule has 106 valence electrons. The van der Waals surface area contributed by atoms with Gasteiger partial charge in [-0.25, -0.2) is 0 Å². The van der Waals surface area contributed by atoms with Crippen molar-refractivity contribution in [2.45, 2.75) is 19.5 Å². The molecule has 3 aromatic rings. The molecule has 3 nitrogen and oxygen atoms in total. The molecule has 2 aromatic carbocycles. The summed E-state index contributed by atoms with van der Waals surface area (Å²) in [5.41, 5.74) is 3.32. The van der Waals surface area contributed by atoms with Crippen LogP contribution in [0.25, 0.3) is 10.9 Å². The Balaban J connectivity index is 1.71. The normalized spacial score (nSPS) is 12.4.